The summed E-state index contributed by atoms with van der Waals surface area (Å²) in [6.07, 6.45) is -1.37. The Labute approximate surface area is 229 Å². The number of hydrogen-bond acceptors (Lipinski definition) is 4. The molecule has 40 heavy (non-hydrogen) atoms. The van der Waals surface area contributed by atoms with Crippen molar-refractivity contribution in [3.05, 3.63) is 70.8 Å². The zero-order valence-electron chi connectivity index (χ0n) is 22.6. The molecule has 0 radical (unpaired) electrons. The lowest BCUT2D eigenvalue weighted by Gasteiger charge is -2.37. The SMILES string of the molecule is CC(C)(C)OC(=O)N[C@@H](CC(=O)N1CCN2C(=O)N(Cc3ccc(F)cc3)CC2C1)Cc1cc(F)c(F)cc1F. The maximum absolute atomic E-state index is 14.4. The van der Waals surface area contributed by atoms with Gasteiger partial charge in [0.1, 0.15) is 17.2 Å². The predicted octanol–water partition coefficient (Wildman–Crippen LogP) is 4.22. The zero-order chi connectivity index (χ0) is 29.2. The fraction of sp³-hybridized carbons (Fsp3) is 0.464. The van der Waals surface area contributed by atoms with Gasteiger partial charge in [0.25, 0.3) is 0 Å². The van der Waals surface area contributed by atoms with Crippen LogP contribution in [0.3, 0.4) is 0 Å². The second-order valence-electron chi connectivity index (χ2n) is 11.1. The predicted molar refractivity (Wildman–Crippen MR) is 137 cm³/mol. The van der Waals surface area contributed by atoms with Gasteiger partial charge in [-0.25, -0.2) is 27.2 Å². The van der Waals surface area contributed by atoms with Gasteiger partial charge in [0.15, 0.2) is 11.6 Å². The van der Waals surface area contributed by atoms with E-state index in [0.29, 0.717) is 31.8 Å². The van der Waals surface area contributed by atoms with Crippen LogP contribution in [0.25, 0.3) is 0 Å². The first kappa shape index (κ1) is 29.2. The van der Waals surface area contributed by atoms with Gasteiger partial charge in [-0.15, -0.1) is 0 Å². The van der Waals surface area contributed by atoms with Crippen LogP contribution in [0.2, 0.25) is 0 Å². The molecule has 0 spiro atoms. The number of urea groups is 1. The molecule has 0 aromatic heterocycles. The number of hydrogen-bond donors (Lipinski definition) is 1. The average Bonchev–Trinajstić information content (AvgIpc) is 3.17. The molecule has 216 valence electrons. The van der Waals surface area contributed by atoms with Gasteiger partial charge < -0.3 is 24.8 Å². The lowest BCUT2D eigenvalue weighted by atomic mass is 10.0. The van der Waals surface area contributed by atoms with E-state index < -0.39 is 35.2 Å². The first-order valence-corrected chi connectivity index (χ1v) is 13.0. The normalized spacial score (nSPS) is 18.0. The lowest BCUT2D eigenvalue weighted by Crippen LogP contribution is -2.54. The smallest absolute Gasteiger partial charge is 0.407 e. The molecule has 4 amide bonds. The monoisotopic (exact) mass is 564 g/mol. The van der Waals surface area contributed by atoms with Crippen LogP contribution in [0.4, 0.5) is 27.2 Å². The number of alkyl carbamates (subject to hydrolysis) is 1. The molecule has 4 rings (SSSR count). The number of benzene rings is 2. The van der Waals surface area contributed by atoms with Crippen LogP contribution in [0.1, 0.15) is 38.3 Å². The third-order valence-electron chi connectivity index (χ3n) is 6.77. The summed E-state index contributed by atoms with van der Waals surface area (Å²) in [5.41, 5.74) is -0.254. The van der Waals surface area contributed by atoms with Gasteiger partial charge in [0, 0.05) is 51.3 Å². The number of piperazine rings is 1. The number of ether oxygens (including phenoxy) is 1. The van der Waals surface area contributed by atoms with E-state index in [0.717, 1.165) is 5.56 Å². The molecule has 2 atom stereocenters. The minimum absolute atomic E-state index is 0.167. The molecule has 0 aliphatic carbocycles. The number of nitrogens with zero attached hydrogens (tertiary/aromatic N) is 3. The second-order valence-corrected chi connectivity index (χ2v) is 11.1. The highest BCUT2D eigenvalue weighted by atomic mass is 19.2. The van der Waals surface area contributed by atoms with Crippen LogP contribution >= 0.6 is 0 Å². The number of amides is 4. The molecule has 2 aromatic carbocycles. The van der Waals surface area contributed by atoms with Gasteiger partial charge >= 0.3 is 12.1 Å². The number of rotatable bonds is 7. The van der Waals surface area contributed by atoms with Gasteiger partial charge in [-0.2, -0.15) is 0 Å². The molecule has 1 N–H and O–H groups in total. The topological polar surface area (TPSA) is 82.2 Å². The van der Waals surface area contributed by atoms with E-state index in [1.54, 1.807) is 47.6 Å². The highest BCUT2D eigenvalue weighted by Crippen LogP contribution is 2.24. The molecular formula is C28H32F4N4O4. The highest BCUT2D eigenvalue weighted by Gasteiger charge is 2.41. The molecule has 2 aliphatic heterocycles. The summed E-state index contributed by atoms with van der Waals surface area (Å²) < 4.78 is 60.1. The van der Waals surface area contributed by atoms with Crippen molar-refractivity contribution in [1.29, 1.82) is 0 Å². The van der Waals surface area contributed by atoms with E-state index in [1.165, 1.54) is 12.1 Å². The van der Waals surface area contributed by atoms with Gasteiger partial charge in [-0.1, -0.05) is 12.1 Å². The van der Waals surface area contributed by atoms with E-state index in [2.05, 4.69) is 5.32 Å². The number of carbonyl (C=O) groups excluding carboxylic acids is 3. The van der Waals surface area contributed by atoms with Crippen molar-refractivity contribution >= 4 is 18.0 Å². The zero-order valence-corrected chi connectivity index (χ0v) is 22.6. The quantitative estimate of drug-likeness (QED) is 0.404. The van der Waals surface area contributed by atoms with E-state index in [9.17, 15) is 31.9 Å². The minimum atomic E-state index is -1.34. The molecule has 0 bridgehead atoms. The average molecular weight is 565 g/mol. The van der Waals surface area contributed by atoms with Gasteiger partial charge in [0.05, 0.1) is 6.04 Å². The van der Waals surface area contributed by atoms with Crippen LogP contribution < -0.4 is 5.32 Å². The summed E-state index contributed by atoms with van der Waals surface area (Å²) in [6, 6.07) is 5.62. The van der Waals surface area contributed by atoms with Crippen molar-refractivity contribution in [2.24, 2.45) is 0 Å². The Bertz CT molecular complexity index is 1270. The Morgan fingerprint density at radius 1 is 1.00 bits per heavy atom. The van der Waals surface area contributed by atoms with Gasteiger partial charge in [-0.05, 0) is 56.5 Å². The van der Waals surface area contributed by atoms with Crippen LogP contribution in [0.15, 0.2) is 36.4 Å². The number of fused-ring (bicyclic) bond motifs is 1. The third-order valence-corrected chi connectivity index (χ3v) is 6.77. The molecule has 2 heterocycles. The van der Waals surface area contributed by atoms with Crippen molar-refractivity contribution in [2.45, 2.75) is 57.8 Å². The molecule has 8 nitrogen and oxygen atoms in total. The Hall–Kier alpha value is -3.83. The molecule has 12 heteroatoms. The number of nitrogens with one attached hydrogen (secondary N) is 1. The van der Waals surface area contributed by atoms with Crippen LogP contribution in [0, 0.1) is 23.3 Å². The summed E-state index contributed by atoms with van der Waals surface area (Å²) in [7, 11) is 0. The van der Waals surface area contributed by atoms with Gasteiger partial charge in [-0.3, -0.25) is 4.79 Å². The third kappa shape index (κ3) is 7.22. The van der Waals surface area contributed by atoms with E-state index >= 15 is 0 Å². The molecule has 2 fully saturated rings. The highest BCUT2D eigenvalue weighted by molar-refractivity contribution is 5.80. The molecule has 2 aromatic rings. The van der Waals surface area contributed by atoms with Crippen molar-refractivity contribution in [2.75, 3.05) is 26.2 Å². The van der Waals surface area contributed by atoms with Crippen LogP contribution in [-0.4, -0.2) is 76.6 Å². The summed E-state index contributed by atoms with van der Waals surface area (Å²) in [5.74, 6) is -4.30. The Morgan fingerprint density at radius 3 is 2.35 bits per heavy atom. The first-order valence-electron chi connectivity index (χ1n) is 13.0. The standard InChI is InChI=1S/C28H32F4N4O4/c1-28(2,3)40-26(38)33-20(10-18-11-23(31)24(32)13-22(18)30)12-25(37)34-8-9-36-21(15-34)16-35(27(36)39)14-17-4-6-19(29)7-5-17/h4-7,11,13,20-21H,8-10,12,14-16H2,1-3H3,(H,33,38)/t20-,21?/m1/s1. The van der Waals surface area contributed by atoms with Crippen LogP contribution in [-0.2, 0) is 22.5 Å². The van der Waals surface area contributed by atoms with E-state index in [4.69, 9.17) is 4.74 Å². The van der Waals surface area contributed by atoms with Crippen molar-refractivity contribution in [3.8, 4) is 0 Å². The molecule has 1 unspecified atom stereocenters. The molecule has 2 saturated heterocycles. The van der Waals surface area contributed by atoms with Crippen molar-refractivity contribution < 1.29 is 36.7 Å². The van der Waals surface area contributed by atoms with E-state index in [-0.39, 0.29) is 55.3 Å². The maximum atomic E-state index is 14.4. The Kier molecular flexibility index (Phi) is 8.55. The second kappa shape index (κ2) is 11.7. The molecular weight excluding hydrogens is 532 g/mol. The molecule has 0 saturated carbocycles. The fourth-order valence-corrected chi connectivity index (χ4v) is 4.92. The summed E-state index contributed by atoms with van der Waals surface area (Å²) >= 11 is 0. The van der Waals surface area contributed by atoms with Crippen molar-refractivity contribution in [3.63, 3.8) is 0 Å². The Balaban J connectivity index is 1.42. The molecule has 2 aliphatic rings. The summed E-state index contributed by atoms with van der Waals surface area (Å²) in [6.45, 7) is 6.46. The Morgan fingerprint density at radius 2 is 1.68 bits per heavy atom. The number of halogens is 4. The largest absolute Gasteiger partial charge is 0.444 e. The minimum Gasteiger partial charge on any atom is -0.444 e. The summed E-state index contributed by atoms with van der Waals surface area (Å²) in [5, 5.41) is 2.55. The van der Waals surface area contributed by atoms with Gasteiger partial charge in [0.2, 0.25) is 5.91 Å². The summed E-state index contributed by atoms with van der Waals surface area (Å²) in [4.78, 5) is 43.6. The van der Waals surface area contributed by atoms with Crippen molar-refractivity contribution in [1.82, 2.24) is 20.0 Å². The maximum Gasteiger partial charge on any atom is 0.407 e. The lowest BCUT2D eigenvalue weighted by molar-refractivity contribution is -0.133. The van der Waals surface area contributed by atoms with E-state index in [1.807, 2.05) is 0 Å². The number of carbonyl (C=O) groups is 3. The first-order chi connectivity index (χ1) is 18.8. The van der Waals surface area contributed by atoms with Crippen LogP contribution in [0.5, 0.6) is 0 Å². The fourth-order valence-electron chi connectivity index (χ4n) is 4.92.